The molecule has 6 N–H and O–H groups in total. The number of aliphatic hydroxyl groups is 1. The second-order valence-electron chi connectivity index (χ2n) is 31.8. The van der Waals surface area contributed by atoms with E-state index in [2.05, 4.69) is 451 Å². The Bertz CT molecular complexity index is 5350. The van der Waals surface area contributed by atoms with Gasteiger partial charge in [-0.25, -0.2) is 0 Å². The number of rotatable bonds is 19. The first kappa shape index (κ1) is 113. The normalized spacial score (nSPS) is 12.4. The van der Waals surface area contributed by atoms with E-state index in [4.69, 9.17) is 27.6 Å². The molecule has 12 nitrogen and oxygen atoms in total. The number of nitrogens with zero attached hydrogens (tertiary/aromatic N) is 3. The van der Waals surface area contributed by atoms with E-state index in [1.165, 1.54) is 150 Å². The van der Waals surface area contributed by atoms with Crippen LogP contribution in [0.25, 0.3) is 5.57 Å². The minimum absolute atomic E-state index is 0. The molecule has 0 aromatic heterocycles. The van der Waals surface area contributed by atoms with Crippen LogP contribution in [0.3, 0.4) is 0 Å². The number of nitrogen functional groups attached to an aromatic ring is 2. The number of benzene rings is 16. The Balaban J connectivity index is 0.000000195. The molecule has 2 saturated carbocycles. The number of halogens is 3. The number of hydrogen-bond acceptors (Lipinski definition) is 11. The van der Waals surface area contributed by atoms with Gasteiger partial charge in [0.05, 0.1) is 24.1 Å². The first-order valence-corrected chi connectivity index (χ1v) is 53.7. The Labute approximate surface area is 877 Å². The van der Waals surface area contributed by atoms with Gasteiger partial charge in [0.15, 0.2) is 0 Å². The van der Waals surface area contributed by atoms with Crippen LogP contribution in [0.4, 0.5) is 27.1 Å². The smallest absolute Gasteiger partial charge is 0 e. The molecule has 4 aliphatic rings. The Hall–Kier alpha value is -11.3. The van der Waals surface area contributed by atoms with Crippen LogP contribution in [-0.4, -0.2) is 49.6 Å². The van der Waals surface area contributed by atoms with Crippen molar-refractivity contribution in [2.24, 2.45) is 4.30 Å². The van der Waals surface area contributed by atoms with Crippen molar-refractivity contribution in [1.29, 1.82) is 0 Å². The first-order chi connectivity index (χ1) is 69.2. The monoisotopic (exact) mass is 2180 g/mol. The van der Waals surface area contributed by atoms with Gasteiger partial charge in [-0.1, -0.05) is 430 Å². The maximum atomic E-state index is 10.4. The molecule has 0 bridgehead atoms. The van der Waals surface area contributed by atoms with Crippen LogP contribution in [-0.2, 0) is 25.1 Å². The van der Waals surface area contributed by atoms with Crippen molar-refractivity contribution in [2.75, 3.05) is 25.7 Å². The van der Waals surface area contributed by atoms with E-state index >= 15 is 0 Å². The maximum absolute atomic E-state index is 10.4. The van der Waals surface area contributed by atoms with Gasteiger partial charge in [-0.15, -0.1) is 0 Å². The van der Waals surface area contributed by atoms with Crippen molar-refractivity contribution in [3.8, 4) is 0 Å². The van der Waals surface area contributed by atoms with E-state index in [1.54, 1.807) is 24.3 Å². The standard InChI is InChI=1S/4C18H15P.C11H14BrN.C11H11NO2.C11H15N.C6H4BrNO2.C5H8BO2.CH3F.CH4O.BHNS.Pd/c4*1-4-10-16(11-5-1)19(17-12-6-2-7-13-17)18-14-8-3-9-15-18;12-10-7-9(5-6-11(10)13)8-3-1-2-4-8;13-12(14)11-7-5-10(6-8-11)9-3-1-2-4-9;12-11-7-5-10(6-8-11)9-3-1-2-4-9;7-5-1-3-6(4-2-5)8(9)10;7-6-8-5-3-1-2-4-5;2*1-2;1-2-3;/h4*1-15H;5-8H,1-4,13H2;3,5-8H,1-2,4H2;5-9H,1-4,12H2;1-4H;3,7H,1-2,4H2;1H3;2H,1H3;3H;/i;;;;;;;;;1D;;;. The number of nitro benzene ring substituents is 2. The zero-order valence-corrected chi connectivity index (χ0v) is 88.2. The summed E-state index contributed by atoms with van der Waals surface area (Å²) in [5.41, 5.74) is 18.7. The molecule has 2 radical (unpaired) electrons. The summed E-state index contributed by atoms with van der Waals surface area (Å²) in [5.74, 6) is 2.48. The van der Waals surface area contributed by atoms with Crippen LogP contribution in [0, 0.1) is 20.2 Å². The number of allylic oxidation sites excluding steroid dienone is 4. The first-order valence-electron chi connectivity index (χ1n) is 47.1. The molecule has 0 saturated heterocycles. The van der Waals surface area contributed by atoms with Crippen LogP contribution in [0.15, 0.2) is 486 Å². The quantitative estimate of drug-likeness (QED) is 0.0130. The molecule has 0 aliphatic heterocycles. The number of thiol groups is 1. The summed E-state index contributed by atoms with van der Waals surface area (Å²) in [5, 5.41) is 52.4. The summed E-state index contributed by atoms with van der Waals surface area (Å²) in [6.07, 6.45) is 21.8. The van der Waals surface area contributed by atoms with Crippen molar-refractivity contribution >= 4 is 184 Å². The molecule has 0 atom stereocenters. The van der Waals surface area contributed by atoms with Crippen molar-refractivity contribution in [2.45, 2.75) is 102 Å². The van der Waals surface area contributed by atoms with E-state index in [0.29, 0.717) is 0 Å². The number of hydrogen-bond donors (Lipinski definition) is 5. The van der Waals surface area contributed by atoms with Gasteiger partial charge in [0, 0.05) is 78.5 Å². The van der Waals surface area contributed by atoms with Crippen LogP contribution < -0.4 is 75.1 Å². The van der Waals surface area contributed by atoms with Crippen molar-refractivity contribution < 1.29 is 50.8 Å². The predicted molar refractivity (Wildman–Crippen MR) is 611 cm³/mol. The zero-order valence-electron chi connectivity index (χ0n) is 80.0. The molecular formula is C118H120B2Br2FN5O7P4PdS. The topological polar surface area (TPSA) is 200 Å². The molecule has 4 aliphatic carbocycles. The largest absolute Gasteiger partial charge is 0.0622 e. The van der Waals surface area contributed by atoms with Gasteiger partial charge in [-0.2, -0.15) is 0 Å². The molecule has 0 amide bonds. The summed E-state index contributed by atoms with van der Waals surface area (Å²) in [7, 11) is 3.29. The third-order valence-corrected chi connectivity index (χ3v) is 33.5. The fourth-order valence-corrected chi connectivity index (χ4v) is 25.8. The second-order valence-corrected chi connectivity index (χ2v) is 42.7. The molecule has 23 heteroatoms. The van der Waals surface area contributed by atoms with Crippen LogP contribution >= 0.6 is 76.4 Å². The van der Waals surface area contributed by atoms with Crippen LogP contribution in [0.1, 0.15) is 120 Å². The average molecular weight is 2180 g/mol. The van der Waals surface area contributed by atoms with E-state index in [9.17, 15) is 24.6 Å². The molecule has 20 rings (SSSR count). The summed E-state index contributed by atoms with van der Waals surface area (Å²) in [4.78, 5) is 19.7. The summed E-state index contributed by atoms with van der Waals surface area (Å²) < 4.78 is 24.8. The van der Waals surface area contributed by atoms with Crippen LogP contribution in [0.2, 0.25) is 0 Å². The minimum Gasteiger partial charge on any atom is -0.0622 e. The molecule has 0 heterocycles. The van der Waals surface area contributed by atoms with Gasteiger partial charge < -0.3 is 26.3 Å². The van der Waals surface area contributed by atoms with Gasteiger partial charge in [-0.3, -0.25) is 24.6 Å². The maximum Gasteiger partial charge on any atom is 0 e. The molecule has 722 valence electrons. The van der Waals surface area contributed by atoms with Gasteiger partial charge >= 0.3 is 32.4 Å². The van der Waals surface area contributed by atoms with E-state index < -0.39 is 43.8 Å². The van der Waals surface area contributed by atoms with E-state index in [0.717, 1.165) is 90.4 Å². The number of anilines is 2. The Morgan fingerprint density at radius 3 is 0.858 bits per heavy atom. The molecule has 16 aromatic rings. The number of aliphatic hydroxyl groups excluding tert-OH is 1. The molecule has 16 aromatic carbocycles. The fraction of sp³-hybridized carbons (Fsp3) is 0.153. The fourth-order valence-electron chi connectivity index (χ4n) is 15.9. The number of nitro groups is 2. The molecule has 0 unspecified atom stereocenters. The SMILES string of the molecule is CO.Nc1ccc(C2CCCC2)cc1.Nc1ccc(C2CCCC2)cc1Br.O=[N+]([O-])c1ccc(Br)cc1.O=[N+]([O-])c1ccc(C2=CCCC2)cc1.O[B]OC1=CCCC1.[2H]CF.[B]=NS.[Pd].c1ccc(P(c2ccccc2)c2ccccc2)cc1.c1ccc(P(c2ccccc2)c2ccccc2)cc1.c1ccc(P(c2ccccc2)c2ccccc2)cc1.c1ccc(P(c2ccccc2)c2ccccc2)cc1. The molecule has 141 heavy (non-hydrogen) atoms. The Kier molecular flexibility index (Phi) is 54.6. The van der Waals surface area contributed by atoms with E-state index in [-0.39, 0.29) is 36.7 Å². The van der Waals surface area contributed by atoms with Gasteiger partial charge in [0.2, 0.25) is 0 Å². The van der Waals surface area contributed by atoms with Gasteiger partial charge in [0.1, 0.15) is 0 Å². The minimum atomic E-state index is -1.00. The van der Waals surface area contributed by atoms with Crippen molar-refractivity contribution in [1.82, 2.24) is 0 Å². The number of nitrogens with two attached hydrogens (primary N) is 2. The average Bonchev–Trinajstić information content (AvgIpc) is 0.878. The second kappa shape index (κ2) is 68.0. The van der Waals surface area contributed by atoms with Crippen LogP contribution in [0.5, 0.6) is 0 Å². The third-order valence-electron chi connectivity index (χ3n) is 22.5. The molecule has 2 fully saturated rings. The summed E-state index contributed by atoms with van der Waals surface area (Å²) >= 11 is 9.83. The van der Waals surface area contributed by atoms with E-state index in [1.807, 2.05) is 36.4 Å². The molecule has 0 spiro atoms. The summed E-state index contributed by atoms with van der Waals surface area (Å²) in [6, 6.07) is 157. The predicted octanol–water partition coefficient (Wildman–Crippen LogP) is 26.9. The Morgan fingerprint density at radius 2 is 0.631 bits per heavy atom. The van der Waals surface area contributed by atoms with Gasteiger partial charge in [0.25, 0.3) is 11.4 Å². The Morgan fingerprint density at radius 1 is 0.390 bits per heavy atom. The van der Waals surface area contributed by atoms with Crippen molar-refractivity contribution in [3.63, 3.8) is 0 Å². The summed E-state index contributed by atoms with van der Waals surface area (Å²) in [6.45, 7) is 0. The number of non-ortho nitro benzene ring substituents is 2. The van der Waals surface area contributed by atoms with Gasteiger partial charge in [-0.05, 0) is 258 Å². The third kappa shape index (κ3) is 40.2. The number of alkyl halides is 1. The van der Waals surface area contributed by atoms with Crippen molar-refractivity contribution in [3.05, 3.63) is 519 Å². The molecular weight excluding hydrogens is 2060 g/mol. The zero-order chi connectivity index (χ0) is 100.